The summed E-state index contributed by atoms with van der Waals surface area (Å²) in [6.45, 7) is 0. The fraction of sp³-hybridized carbons (Fsp3) is 0.120. The van der Waals surface area contributed by atoms with Crippen LogP contribution in [0.1, 0.15) is 17.2 Å². The lowest BCUT2D eigenvalue weighted by molar-refractivity contribution is -0.132. The maximum atomic E-state index is 15.0. The van der Waals surface area contributed by atoms with E-state index in [2.05, 4.69) is 0 Å². The molecule has 1 unspecified atom stereocenters. The Morgan fingerprint density at radius 2 is 1.68 bits per heavy atom. The van der Waals surface area contributed by atoms with Gasteiger partial charge in [0.15, 0.2) is 0 Å². The quantitative estimate of drug-likeness (QED) is 0.272. The maximum Gasteiger partial charge on any atom is 0.300 e. The van der Waals surface area contributed by atoms with Gasteiger partial charge in [0.25, 0.3) is 11.7 Å². The van der Waals surface area contributed by atoms with Crippen molar-refractivity contribution in [1.29, 1.82) is 0 Å². The lowest BCUT2D eigenvalue weighted by Gasteiger charge is -2.26. The number of Topliss-reactive ketones (excluding diaryl/α,β-unsaturated/α-hetero) is 1. The van der Waals surface area contributed by atoms with Gasteiger partial charge in [-0.2, -0.15) is 0 Å². The van der Waals surface area contributed by atoms with E-state index in [0.29, 0.717) is 5.02 Å². The van der Waals surface area contributed by atoms with Crippen LogP contribution in [0.2, 0.25) is 10.0 Å². The Morgan fingerprint density at radius 1 is 0.971 bits per heavy atom. The number of benzene rings is 3. The second-order valence-corrected chi connectivity index (χ2v) is 8.20. The second kappa shape index (κ2) is 9.37. The summed E-state index contributed by atoms with van der Waals surface area (Å²) in [4.78, 5) is 27.5. The van der Waals surface area contributed by atoms with E-state index >= 15 is 0 Å². The SMILES string of the molecule is COc1cc(/C(O)=C2\C(=O)C(=O)N(c3cccc(Cl)c3)C2c2ccccc2F)c(OC)cc1Cl. The zero-order valence-electron chi connectivity index (χ0n) is 18.0. The molecule has 34 heavy (non-hydrogen) atoms. The number of aliphatic hydroxyl groups excluding tert-OH is 1. The van der Waals surface area contributed by atoms with Gasteiger partial charge in [0.05, 0.1) is 36.4 Å². The predicted molar refractivity (Wildman–Crippen MR) is 127 cm³/mol. The Morgan fingerprint density at radius 3 is 2.32 bits per heavy atom. The number of halogens is 3. The molecule has 1 atom stereocenters. The van der Waals surface area contributed by atoms with Crippen LogP contribution in [-0.4, -0.2) is 31.0 Å². The number of rotatable bonds is 5. The molecule has 0 bridgehead atoms. The van der Waals surface area contributed by atoms with Crippen molar-refractivity contribution in [3.63, 3.8) is 0 Å². The summed E-state index contributed by atoms with van der Waals surface area (Å²) in [5, 5.41) is 11.9. The summed E-state index contributed by atoms with van der Waals surface area (Å²) in [6.07, 6.45) is 0. The zero-order chi connectivity index (χ0) is 24.6. The first kappa shape index (κ1) is 23.6. The van der Waals surface area contributed by atoms with Gasteiger partial charge in [0, 0.05) is 22.3 Å². The molecule has 1 N–H and O–H groups in total. The monoisotopic (exact) mass is 501 g/mol. The molecule has 3 aromatic carbocycles. The smallest absolute Gasteiger partial charge is 0.300 e. The molecule has 0 aliphatic carbocycles. The Balaban J connectivity index is 2.03. The Bertz CT molecular complexity index is 1340. The number of hydrogen-bond acceptors (Lipinski definition) is 5. The van der Waals surface area contributed by atoms with Gasteiger partial charge in [-0.1, -0.05) is 47.5 Å². The summed E-state index contributed by atoms with van der Waals surface area (Å²) in [6, 6.07) is 13.5. The van der Waals surface area contributed by atoms with E-state index in [1.165, 1.54) is 50.6 Å². The fourth-order valence-corrected chi connectivity index (χ4v) is 4.32. The molecule has 4 rings (SSSR count). The molecule has 3 aromatic rings. The number of carbonyl (C=O) groups is 2. The zero-order valence-corrected chi connectivity index (χ0v) is 19.5. The van der Waals surface area contributed by atoms with Gasteiger partial charge < -0.3 is 14.6 Å². The minimum atomic E-state index is -1.27. The highest BCUT2D eigenvalue weighted by Gasteiger charge is 2.48. The average Bonchev–Trinajstić information content (AvgIpc) is 3.09. The maximum absolute atomic E-state index is 15.0. The van der Waals surface area contributed by atoms with Crippen LogP contribution in [0.25, 0.3) is 5.76 Å². The summed E-state index contributed by atoms with van der Waals surface area (Å²) < 4.78 is 25.5. The molecule has 0 spiro atoms. The summed E-state index contributed by atoms with van der Waals surface area (Å²) in [5.41, 5.74) is 0.0117. The first-order valence-corrected chi connectivity index (χ1v) is 10.8. The molecule has 1 fully saturated rings. The number of nitrogens with zero attached hydrogens (tertiary/aromatic N) is 1. The third kappa shape index (κ3) is 3.97. The Labute approximate surface area is 204 Å². The number of carbonyl (C=O) groups excluding carboxylic acids is 2. The molecule has 1 heterocycles. The van der Waals surface area contributed by atoms with Gasteiger partial charge in [0.2, 0.25) is 0 Å². The van der Waals surface area contributed by atoms with Crippen molar-refractivity contribution >= 4 is 46.3 Å². The van der Waals surface area contributed by atoms with Crippen molar-refractivity contribution in [2.24, 2.45) is 0 Å². The van der Waals surface area contributed by atoms with Crippen LogP contribution >= 0.6 is 23.2 Å². The highest BCUT2D eigenvalue weighted by Crippen LogP contribution is 2.45. The van der Waals surface area contributed by atoms with Crippen molar-refractivity contribution in [3.05, 3.63) is 93.2 Å². The van der Waals surface area contributed by atoms with Crippen molar-refractivity contribution in [2.75, 3.05) is 19.1 Å². The molecule has 1 aliphatic rings. The summed E-state index contributed by atoms with van der Waals surface area (Å²) in [7, 11) is 2.74. The van der Waals surface area contributed by atoms with E-state index < -0.39 is 29.3 Å². The van der Waals surface area contributed by atoms with Crippen LogP contribution in [0.4, 0.5) is 10.1 Å². The molecule has 9 heteroatoms. The minimum Gasteiger partial charge on any atom is -0.507 e. The van der Waals surface area contributed by atoms with Gasteiger partial charge in [-0.05, 0) is 30.3 Å². The number of amides is 1. The van der Waals surface area contributed by atoms with Crippen molar-refractivity contribution in [1.82, 2.24) is 0 Å². The number of anilines is 1. The van der Waals surface area contributed by atoms with Crippen molar-refractivity contribution in [2.45, 2.75) is 6.04 Å². The number of ketones is 1. The third-order valence-electron chi connectivity index (χ3n) is 5.46. The molecule has 1 aliphatic heterocycles. The van der Waals surface area contributed by atoms with Gasteiger partial charge in [-0.15, -0.1) is 0 Å². The van der Waals surface area contributed by atoms with E-state index in [4.69, 9.17) is 32.7 Å². The molecule has 0 aromatic heterocycles. The number of methoxy groups -OCH3 is 2. The first-order valence-electron chi connectivity index (χ1n) is 10.0. The van der Waals surface area contributed by atoms with Gasteiger partial charge in [0.1, 0.15) is 23.1 Å². The highest BCUT2D eigenvalue weighted by molar-refractivity contribution is 6.52. The third-order valence-corrected chi connectivity index (χ3v) is 5.99. The fourth-order valence-electron chi connectivity index (χ4n) is 3.91. The van der Waals surface area contributed by atoms with E-state index in [1.807, 2.05) is 0 Å². The van der Waals surface area contributed by atoms with Crippen LogP contribution < -0.4 is 14.4 Å². The van der Waals surface area contributed by atoms with Crippen molar-refractivity contribution < 1.29 is 28.6 Å². The first-order chi connectivity index (χ1) is 16.3. The van der Waals surface area contributed by atoms with Crippen LogP contribution in [0.3, 0.4) is 0 Å². The molecule has 1 saturated heterocycles. The number of aliphatic hydroxyl groups is 1. The van der Waals surface area contributed by atoms with Crippen LogP contribution in [0.15, 0.2) is 66.2 Å². The van der Waals surface area contributed by atoms with Crippen LogP contribution in [0, 0.1) is 5.82 Å². The van der Waals surface area contributed by atoms with Gasteiger partial charge >= 0.3 is 0 Å². The molecular weight excluding hydrogens is 484 g/mol. The summed E-state index contributed by atoms with van der Waals surface area (Å²) >= 11 is 12.3. The molecule has 174 valence electrons. The summed E-state index contributed by atoms with van der Waals surface area (Å²) in [5.74, 6) is -2.84. The second-order valence-electron chi connectivity index (χ2n) is 7.36. The van der Waals surface area contributed by atoms with Crippen molar-refractivity contribution in [3.8, 4) is 11.5 Å². The molecular formula is C25H18Cl2FNO5. The van der Waals surface area contributed by atoms with E-state index in [0.717, 1.165) is 4.90 Å². The minimum absolute atomic E-state index is 0.0168. The van der Waals surface area contributed by atoms with Gasteiger partial charge in [-0.3, -0.25) is 14.5 Å². The molecule has 1 amide bonds. The van der Waals surface area contributed by atoms with E-state index in [9.17, 15) is 19.1 Å². The lowest BCUT2D eigenvalue weighted by atomic mass is 9.94. The van der Waals surface area contributed by atoms with E-state index in [-0.39, 0.29) is 38.9 Å². The molecule has 0 radical (unpaired) electrons. The standard InChI is InChI=1S/C25H18Cl2FNO5/c1-33-19-12-17(27)20(34-2)11-16(19)23(30)21-22(15-8-3-4-9-18(15)28)29(25(32)24(21)31)14-7-5-6-13(26)10-14/h3-12,22,30H,1-2H3/b23-21+. The Hall–Kier alpha value is -3.55. The predicted octanol–water partition coefficient (Wildman–Crippen LogP) is 5.78. The van der Waals surface area contributed by atoms with Crippen LogP contribution in [0.5, 0.6) is 11.5 Å². The Kier molecular flexibility index (Phi) is 6.50. The van der Waals surface area contributed by atoms with Crippen LogP contribution in [-0.2, 0) is 9.59 Å². The topological polar surface area (TPSA) is 76.1 Å². The number of hydrogen-bond donors (Lipinski definition) is 1. The number of ether oxygens (including phenoxy) is 2. The van der Waals surface area contributed by atoms with Gasteiger partial charge in [-0.25, -0.2) is 4.39 Å². The largest absolute Gasteiger partial charge is 0.507 e. The average molecular weight is 502 g/mol. The normalized spacial score (nSPS) is 17.2. The highest BCUT2D eigenvalue weighted by atomic mass is 35.5. The lowest BCUT2D eigenvalue weighted by Crippen LogP contribution is -2.29. The molecule has 6 nitrogen and oxygen atoms in total. The molecule has 0 saturated carbocycles. The van der Waals surface area contributed by atoms with E-state index in [1.54, 1.807) is 24.3 Å².